The van der Waals surface area contributed by atoms with Gasteiger partial charge >= 0.3 is 35.5 Å². The van der Waals surface area contributed by atoms with Gasteiger partial charge in [0.25, 0.3) is 0 Å². The van der Waals surface area contributed by atoms with Gasteiger partial charge in [-0.2, -0.15) is 0 Å². The van der Waals surface area contributed by atoms with Gasteiger partial charge in [0.1, 0.15) is 6.54 Å². The van der Waals surface area contributed by atoms with Crippen LogP contribution >= 0.6 is 0 Å². The van der Waals surface area contributed by atoms with Crippen molar-refractivity contribution in [1.29, 1.82) is 0 Å². The normalized spacial score (nSPS) is 12.6. The molecule has 0 rings (SSSR count). The van der Waals surface area contributed by atoms with Crippen molar-refractivity contribution in [1.82, 2.24) is 0 Å². The largest absolute Gasteiger partial charge is 1.00 e. The molecule has 15 heteroatoms. The molecule has 0 aromatic heterocycles. The van der Waals surface area contributed by atoms with Crippen LogP contribution in [-0.2, 0) is 34.5 Å². The molecule has 0 unspecified atom stereocenters. The summed E-state index contributed by atoms with van der Waals surface area (Å²) in [6, 6.07) is 1.15. The number of hydrogen-bond acceptors (Lipinski definition) is 9. The molecule has 0 fully saturated rings. The summed E-state index contributed by atoms with van der Waals surface area (Å²) in [6.07, 6.45) is 3.13. The maximum atomic E-state index is 11.0. The Balaban J connectivity index is 0. The predicted octanol–water partition coefficient (Wildman–Crippen LogP) is -1.77. The monoisotopic (exact) mass is 585 g/mol. The van der Waals surface area contributed by atoms with Crippen LogP contribution in [0.2, 0.25) is 19.1 Å². The smallest absolute Gasteiger partial charge is 0.748 e. The van der Waals surface area contributed by atoms with Crippen molar-refractivity contribution in [3.63, 3.8) is 0 Å². The summed E-state index contributed by atoms with van der Waals surface area (Å²) in [5.74, 6) is -1.67. The summed E-state index contributed by atoms with van der Waals surface area (Å²) < 4.78 is 77.6. The molecule has 0 saturated carbocycles. The van der Waals surface area contributed by atoms with Crippen LogP contribution in [0.4, 0.5) is 0 Å². The van der Waals surface area contributed by atoms with Gasteiger partial charge in [-0.3, -0.25) is 4.79 Å². The number of aliphatic carboxylic acids is 1. The van der Waals surface area contributed by atoms with Gasteiger partial charge in [-0.05, 0) is 38.5 Å². The quantitative estimate of drug-likeness (QED) is 0.0592. The first-order chi connectivity index (χ1) is 16.2. The molecular formula is C21H44NNaO10S2Si. The molecular weight excluding hydrogens is 541 g/mol. The van der Waals surface area contributed by atoms with Gasteiger partial charge < -0.3 is 28.2 Å². The first-order valence-corrected chi connectivity index (χ1v) is 18.6. The van der Waals surface area contributed by atoms with Crippen LogP contribution in [0.25, 0.3) is 0 Å². The van der Waals surface area contributed by atoms with E-state index in [4.69, 9.17) is 14.6 Å². The minimum atomic E-state index is -4.27. The van der Waals surface area contributed by atoms with Gasteiger partial charge in [0.05, 0.1) is 59.7 Å². The molecule has 36 heavy (non-hydrogen) atoms. The minimum absolute atomic E-state index is 0. The summed E-state index contributed by atoms with van der Waals surface area (Å²) in [7, 11) is -9.31. The van der Waals surface area contributed by atoms with E-state index in [-0.39, 0.29) is 48.8 Å². The van der Waals surface area contributed by atoms with Crippen molar-refractivity contribution in [3.05, 3.63) is 0 Å². The van der Waals surface area contributed by atoms with Crippen LogP contribution in [0, 0.1) is 0 Å². The molecule has 1 N–H and O–H groups in total. The Hall–Kier alpha value is 0.387. The average molecular weight is 586 g/mol. The number of carboxylic acid groups (broad SMARTS) is 1. The maximum Gasteiger partial charge on any atom is 1.00 e. The van der Waals surface area contributed by atoms with Crippen LogP contribution < -0.4 is 29.6 Å². The summed E-state index contributed by atoms with van der Waals surface area (Å²) in [4.78, 5) is 10.5. The van der Waals surface area contributed by atoms with E-state index in [1.54, 1.807) is 0 Å². The molecule has 0 spiro atoms. The van der Waals surface area contributed by atoms with Gasteiger partial charge in [-0.1, -0.05) is 19.1 Å². The first kappa shape index (κ1) is 38.5. The van der Waals surface area contributed by atoms with E-state index in [0.29, 0.717) is 69.8 Å². The molecule has 0 aromatic carbocycles. The summed E-state index contributed by atoms with van der Waals surface area (Å²) >= 11 is 0. The van der Waals surface area contributed by atoms with Crippen molar-refractivity contribution in [2.24, 2.45) is 0 Å². The zero-order valence-corrected chi connectivity index (χ0v) is 27.0. The molecule has 0 aliphatic heterocycles. The summed E-state index contributed by atoms with van der Waals surface area (Å²) in [5, 5.41) is 8.62. The molecule has 0 atom stereocenters. The Labute approximate surface area is 241 Å². The van der Waals surface area contributed by atoms with Crippen LogP contribution in [-0.4, -0.2) is 114 Å². The number of unbranched alkanes of at least 4 members (excludes halogenated alkanes) is 2. The SMILES string of the molecule is C[SiH](C)CCC[N+](CCCCS(=O)(=O)[O-])(CCCCS(=O)(=O)[O-])CCOCCOCCCC(=O)O.[Na+]. The fraction of sp³-hybridized carbons (Fsp3) is 0.952. The van der Waals surface area contributed by atoms with E-state index >= 15 is 0 Å². The van der Waals surface area contributed by atoms with Crippen molar-refractivity contribution in [2.75, 3.05) is 64.1 Å². The molecule has 11 nitrogen and oxygen atoms in total. The Morgan fingerprint density at radius 2 is 1.22 bits per heavy atom. The molecule has 0 radical (unpaired) electrons. The first-order valence-electron chi connectivity index (χ1n) is 12.3. The van der Waals surface area contributed by atoms with Gasteiger partial charge in [-0.15, -0.1) is 0 Å². The fourth-order valence-corrected chi connectivity index (χ4v) is 5.98. The van der Waals surface area contributed by atoms with E-state index in [1.165, 1.54) is 0 Å². The summed E-state index contributed by atoms with van der Waals surface area (Å²) in [5.41, 5.74) is 0. The summed E-state index contributed by atoms with van der Waals surface area (Å²) in [6.45, 7) is 8.80. The zero-order chi connectivity index (χ0) is 26.8. The molecule has 0 aliphatic rings. The van der Waals surface area contributed by atoms with E-state index in [1.807, 2.05) is 0 Å². The van der Waals surface area contributed by atoms with Crippen molar-refractivity contribution >= 4 is 35.0 Å². The number of carbonyl (C=O) groups is 1. The van der Waals surface area contributed by atoms with Gasteiger partial charge in [-0.25, -0.2) is 16.8 Å². The molecule has 0 saturated heterocycles. The third-order valence-corrected chi connectivity index (χ3v) is 8.87. The van der Waals surface area contributed by atoms with Gasteiger partial charge in [0, 0.05) is 33.3 Å². The Kier molecular flexibility index (Phi) is 22.7. The fourth-order valence-electron chi connectivity index (χ4n) is 3.86. The topological polar surface area (TPSA) is 170 Å². The number of carboxylic acids is 1. The van der Waals surface area contributed by atoms with Gasteiger partial charge in [0.2, 0.25) is 0 Å². The molecule has 0 bridgehead atoms. The zero-order valence-electron chi connectivity index (χ0n) is 22.2. The minimum Gasteiger partial charge on any atom is -0.748 e. The average Bonchev–Trinajstić information content (AvgIpc) is 2.71. The Morgan fingerprint density at radius 3 is 1.67 bits per heavy atom. The Bertz CT molecular complexity index is 742. The number of hydrogen-bond donors (Lipinski definition) is 1. The van der Waals surface area contributed by atoms with E-state index in [0.717, 1.165) is 19.0 Å². The second-order valence-electron chi connectivity index (χ2n) is 9.43. The Morgan fingerprint density at radius 1 is 0.750 bits per heavy atom. The van der Waals surface area contributed by atoms with E-state index in [2.05, 4.69) is 13.1 Å². The van der Waals surface area contributed by atoms with Crippen LogP contribution in [0.1, 0.15) is 44.9 Å². The molecule has 210 valence electrons. The number of nitrogens with zero attached hydrogens (tertiary/aromatic N) is 1. The number of quaternary nitrogens is 1. The van der Waals surface area contributed by atoms with Crippen LogP contribution in [0.3, 0.4) is 0 Å². The second kappa shape index (κ2) is 21.2. The third-order valence-electron chi connectivity index (χ3n) is 5.73. The standard InChI is InChI=1S/C21H45NO10S2Si.Na/c1-35(2)20-8-12-22(10-3-5-18-33(25,26)27,11-4-6-19-34(28,29)30)13-15-32-17-16-31-14-7-9-21(23)24;/h35H,3-20H2,1-2H3,(H2-,23,24,25,26,27,28,29,30);/q;+1/p-1. The molecule has 0 heterocycles. The molecule has 0 aromatic rings. The van der Waals surface area contributed by atoms with Crippen LogP contribution in [0.5, 0.6) is 0 Å². The van der Waals surface area contributed by atoms with Gasteiger partial charge in [0.15, 0.2) is 0 Å². The van der Waals surface area contributed by atoms with E-state index in [9.17, 15) is 30.7 Å². The number of rotatable bonds is 24. The van der Waals surface area contributed by atoms with E-state index < -0.39 is 46.5 Å². The van der Waals surface area contributed by atoms with Crippen molar-refractivity contribution in [2.45, 2.75) is 64.1 Å². The predicted molar refractivity (Wildman–Crippen MR) is 134 cm³/mol. The van der Waals surface area contributed by atoms with Crippen LogP contribution in [0.15, 0.2) is 0 Å². The third kappa shape index (κ3) is 26.0. The number of ether oxygens (including phenoxy) is 2. The van der Waals surface area contributed by atoms with Crippen molar-refractivity contribution in [3.8, 4) is 0 Å². The maximum absolute atomic E-state index is 11.0. The second-order valence-corrected chi connectivity index (χ2v) is 15.8. The molecule has 0 aliphatic carbocycles. The van der Waals surface area contributed by atoms with Crippen molar-refractivity contribution < 1.29 is 79.4 Å². The molecule has 0 amide bonds.